The number of ether oxygens (including phenoxy) is 1. The summed E-state index contributed by atoms with van der Waals surface area (Å²) in [7, 11) is 0. The number of halogens is 1. The van der Waals surface area contributed by atoms with Gasteiger partial charge in [0.25, 0.3) is 0 Å². The van der Waals surface area contributed by atoms with E-state index in [-0.39, 0.29) is 23.9 Å². The number of carbonyl (C=O) groups is 1. The van der Waals surface area contributed by atoms with Crippen LogP contribution in [-0.4, -0.2) is 30.9 Å². The number of hydrogen-bond acceptors (Lipinski definition) is 5. The van der Waals surface area contributed by atoms with Crippen molar-refractivity contribution in [1.29, 1.82) is 0 Å². The predicted molar refractivity (Wildman–Crippen MR) is 116 cm³/mol. The average Bonchev–Trinajstić information content (AvgIpc) is 3.25. The van der Waals surface area contributed by atoms with Crippen molar-refractivity contribution in [1.82, 2.24) is 19.3 Å². The van der Waals surface area contributed by atoms with Crippen molar-refractivity contribution < 1.29 is 13.9 Å². The second-order valence-corrected chi connectivity index (χ2v) is 7.70. The predicted octanol–water partition coefficient (Wildman–Crippen LogP) is 4.60. The number of Topliss-reactive ketones (excluding diaryl/α,β-unsaturated/α-hetero) is 1. The summed E-state index contributed by atoms with van der Waals surface area (Å²) >= 11 is 1.32. The highest BCUT2D eigenvalue weighted by atomic mass is 32.2. The van der Waals surface area contributed by atoms with Gasteiger partial charge in [0.1, 0.15) is 6.61 Å². The SMILES string of the molecule is C=CCn1c(COc2ccccc2F)nnc1SCC(=O)c1cc(C)n(CC)c1C. The Hall–Kier alpha value is -2.87. The minimum atomic E-state index is -0.433. The summed E-state index contributed by atoms with van der Waals surface area (Å²) in [5, 5.41) is 8.95. The van der Waals surface area contributed by atoms with E-state index in [9.17, 15) is 9.18 Å². The molecule has 2 aromatic heterocycles. The molecule has 30 heavy (non-hydrogen) atoms. The van der Waals surface area contributed by atoms with Crippen LogP contribution in [0.15, 0.2) is 48.1 Å². The molecule has 3 rings (SSSR count). The molecule has 2 heterocycles. The van der Waals surface area contributed by atoms with Gasteiger partial charge in [-0.05, 0) is 39.0 Å². The summed E-state index contributed by atoms with van der Waals surface area (Å²) in [6.07, 6.45) is 1.72. The Morgan fingerprint density at radius 3 is 2.70 bits per heavy atom. The standard InChI is InChI=1S/C22H25FN4O2S/c1-5-11-27-21(13-29-20-10-8-7-9-18(20)23)24-25-22(27)30-14-19(28)17-12-15(3)26(6-2)16(17)4/h5,7-10,12H,1,6,11,13-14H2,2-4H3. The zero-order valence-electron chi connectivity index (χ0n) is 17.4. The zero-order chi connectivity index (χ0) is 21.7. The molecule has 0 spiro atoms. The van der Waals surface area contributed by atoms with Crippen molar-refractivity contribution in [3.8, 4) is 5.75 Å². The second-order valence-electron chi connectivity index (χ2n) is 6.76. The van der Waals surface area contributed by atoms with Gasteiger partial charge in [-0.3, -0.25) is 9.36 Å². The summed E-state index contributed by atoms with van der Waals surface area (Å²) in [5.74, 6) is 0.554. The third-order valence-electron chi connectivity index (χ3n) is 4.82. The second kappa shape index (κ2) is 9.75. The molecule has 0 aliphatic carbocycles. The van der Waals surface area contributed by atoms with Crippen molar-refractivity contribution in [3.05, 3.63) is 71.6 Å². The van der Waals surface area contributed by atoms with Gasteiger partial charge in [-0.25, -0.2) is 4.39 Å². The van der Waals surface area contributed by atoms with Crippen molar-refractivity contribution in [3.63, 3.8) is 0 Å². The molecule has 1 aromatic carbocycles. The average molecular weight is 429 g/mol. The molecule has 0 amide bonds. The van der Waals surface area contributed by atoms with E-state index in [1.165, 1.54) is 17.8 Å². The summed E-state index contributed by atoms with van der Waals surface area (Å²) in [5.41, 5.74) is 2.79. The number of rotatable bonds is 10. The van der Waals surface area contributed by atoms with E-state index in [4.69, 9.17) is 4.74 Å². The van der Waals surface area contributed by atoms with Crippen LogP contribution < -0.4 is 4.74 Å². The minimum absolute atomic E-state index is 0.0464. The number of thioether (sulfide) groups is 1. The number of hydrogen-bond donors (Lipinski definition) is 0. The first-order valence-electron chi connectivity index (χ1n) is 9.69. The Kier molecular flexibility index (Phi) is 7.10. The smallest absolute Gasteiger partial charge is 0.192 e. The van der Waals surface area contributed by atoms with Crippen LogP contribution in [0.3, 0.4) is 0 Å². The van der Waals surface area contributed by atoms with Crippen LogP contribution in [-0.2, 0) is 19.7 Å². The van der Waals surface area contributed by atoms with E-state index in [2.05, 4.69) is 28.3 Å². The normalized spacial score (nSPS) is 10.9. The van der Waals surface area contributed by atoms with Crippen LogP contribution in [0.4, 0.5) is 4.39 Å². The van der Waals surface area contributed by atoms with E-state index in [0.717, 1.165) is 23.5 Å². The minimum Gasteiger partial charge on any atom is -0.483 e. The molecular formula is C22H25FN4O2S. The first-order chi connectivity index (χ1) is 14.5. The largest absolute Gasteiger partial charge is 0.483 e. The van der Waals surface area contributed by atoms with Crippen LogP contribution in [0.1, 0.15) is 34.5 Å². The van der Waals surface area contributed by atoms with Crippen LogP contribution in [0.25, 0.3) is 0 Å². The van der Waals surface area contributed by atoms with E-state index in [1.54, 1.807) is 24.3 Å². The van der Waals surface area contributed by atoms with E-state index < -0.39 is 5.82 Å². The lowest BCUT2D eigenvalue weighted by Crippen LogP contribution is -2.09. The van der Waals surface area contributed by atoms with E-state index in [0.29, 0.717) is 17.5 Å². The molecule has 0 saturated heterocycles. The molecule has 0 radical (unpaired) electrons. The quantitative estimate of drug-likeness (QED) is 0.268. The molecule has 8 heteroatoms. The fraction of sp³-hybridized carbons (Fsp3) is 0.318. The highest BCUT2D eigenvalue weighted by Crippen LogP contribution is 2.23. The molecule has 158 valence electrons. The van der Waals surface area contributed by atoms with Crippen LogP contribution in [0, 0.1) is 19.7 Å². The molecule has 0 bridgehead atoms. The molecule has 0 atom stereocenters. The maximum absolute atomic E-state index is 13.8. The van der Waals surface area contributed by atoms with Gasteiger partial charge in [0.15, 0.2) is 28.3 Å². The van der Waals surface area contributed by atoms with Gasteiger partial charge < -0.3 is 9.30 Å². The Labute approximate surface area is 179 Å². The molecule has 0 aliphatic heterocycles. The Morgan fingerprint density at radius 1 is 1.27 bits per heavy atom. The molecule has 3 aromatic rings. The number of benzene rings is 1. The highest BCUT2D eigenvalue weighted by molar-refractivity contribution is 7.99. The third-order valence-corrected chi connectivity index (χ3v) is 5.79. The topological polar surface area (TPSA) is 61.9 Å². The van der Waals surface area contributed by atoms with E-state index >= 15 is 0 Å². The van der Waals surface area contributed by atoms with Crippen molar-refractivity contribution >= 4 is 17.5 Å². The zero-order valence-corrected chi connectivity index (χ0v) is 18.2. The van der Waals surface area contributed by atoms with Crippen LogP contribution >= 0.6 is 11.8 Å². The van der Waals surface area contributed by atoms with Gasteiger partial charge >= 0.3 is 0 Å². The molecule has 0 unspecified atom stereocenters. The van der Waals surface area contributed by atoms with Gasteiger partial charge in [0, 0.05) is 30.0 Å². The number of carbonyl (C=O) groups excluding carboxylic acids is 1. The molecule has 0 aliphatic rings. The van der Waals surface area contributed by atoms with Gasteiger partial charge in [-0.2, -0.15) is 0 Å². The molecule has 0 N–H and O–H groups in total. The number of allylic oxidation sites excluding steroid dienone is 1. The van der Waals surface area contributed by atoms with Gasteiger partial charge in [0.05, 0.1) is 5.75 Å². The number of aryl methyl sites for hydroxylation is 1. The lowest BCUT2D eigenvalue weighted by Gasteiger charge is -2.09. The van der Waals surface area contributed by atoms with Gasteiger partial charge in [-0.15, -0.1) is 16.8 Å². The van der Waals surface area contributed by atoms with Crippen LogP contribution in [0.5, 0.6) is 5.75 Å². The number of ketones is 1. The third kappa shape index (κ3) is 4.64. The van der Waals surface area contributed by atoms with Crippen molar-refractivity contribution in [2.45, 2.75) is 45.6 Å². The summed E-state index contributed by atoms with van der Waals surface area (Å²) in [6.45, 7) is 11.2. The fourth-order valence-electron chi connectivity index (χ4n) is 3.33. The molecule has 6 nitrogen and oxygen atoms in total. The number of nitrogens with zero attached hydrogens (tertiary/aromatic N) is 4. The highest BCUT2D eigenvalue weighted by Gasteiger charge is 2.18. The first kappa shape index (κ1) is 21.8. The van der Waals surface area contributed by atoms with E-state index in [1.807, 2.05) is 24.5 Å². The molecule has 0 fully saturated rings. The first-order valence-corrected chi connectivity index (χ1v) is 10.7. The fourth-order valence-corrected chi connectivity index (χ4v) is 4.18. The summed E-state index contributed by atoms with van der Waals surface area (Å²) < 4.78 is 23.3. The van der Waals surface area contributed by atoms with Crippen molar-refractivity contribution in [2.24, 2.45) is 0 Å². The van der Waals surface area contributed by atoms with Gasteiger partial charge in [0.2, 0.25) is 0 Å². The molecule has 0 saturated carbocycles. The Morgan fingerprint density at radius 2 is 2.03 bits per heavy atom. The number of aromatic nitrogens is 4. The monoisotopic (exact) mass is 428 g/mol. The lowest BCUT2D eigenvalue weighted by atomic mass is 10.2. The Bertz CT molecular complexity index is 1060. The number of para-hydroxylation sites is 1. The maximum atomic E-state index is 13.8. The Balaban J connectivity index is 1.71. The van der Waals surface area contributed by atoms with Crippen molar-refractivity contribution in [2.75, 3.05) is 5.75 Å². The molecular weight excluding hydrogens is 403 g/mol. The summed E-state index contributed by atoms with van der Waals surface area (Å²) in [4.78, 5) is 12.8. The lowest BCUT2D eigenvalue weighted by molar-refractivity contribution is 0.102. The van der Waals surface area contributed by atoms with Crippen LogP contribution in [0.2, 0.25) is 0 Å². The van der Waals surface area contributed by atoms with Gasteiger partial charge in [-0.1, -0.05) is 30.0 Å². The summed E-state index contributed by atoms with van der Waals surface area (Å²) in [6, 6.07) is 8.14. The maximum Gasteiger partial charge on any atom is 0.192 e.